The normalized spacial score (nSPS) is 34.5. The molecule has 2 saturated carbocycles. The number of oxazole rings is 1. The van der Waals surface area contributed by atoms with Gasteiger partial charge in [-0.2, -0.15) is 0 Å². The van der Waals surface area contributed by atoms with Gasteiger partial charge in [-0.05, 0) is 24.7 Å². The first-order valence-corrected chi connectivity index (χ1v) is 5.55. The fourth-order valence-corrected chi connectivity index (χ4v) is 2.96. The molecule has 2 aliphatic carbocycles. The van der Waals surface area contributed by atoms with Gasteiger partial charge in [0.25, 0.3) is 0 Å². The predicted octanol–water partition coefficient (Wildman–Crippen LogP) is 1.69. The number of rotatable bonds is 3. The Kier molecular flexibility index (Phi) is 1.87. The molecule has 3 heteroatoms. The van der Waals surface area contributed by atoms with E-state index >= 15 is 0 Å². The summed E-state index contributed by atoms with van der Waals surface area (Å²) in [7, 11) is 0. The van der Waals surface area contributed by atoms with Gasteiger partial charge in [-0.1, -0.05) is 6.42 Å². The van der Waals surface area contributed by atoms with Crippen molar-refractivity contribution in [3.8, 4) is 0 Å². The van der Waals surface area contributed by atoms with Crippen LogP contribution in [-0.4, -0.2) is 11.5 Å². The quantitative estimate of drug-likeness (QED) is 0.792. The molecule has 2 unspecified atom stereocenters. The van der Waals surface area contributed by atoms with Crippen molar-refractivity contribution in [2.24, 2.45) is 17.6 Å². The number of fused-ring (bicyclic) bond motifs is 1. The molecule has 0 aromatic carbocycles. The first-order valence-electron chi connectivity index (χ1n) is 5.55. The van der Waals surface area contributed by atoms with Gasteiger partial charge in [0.05, 0.1) is 6.20 Å². The third-order valence-corrected chi connectivity index (χ3v) is 3.66. The Hall–Kier alpha value is -0.830. The summed E-state index contributed by atoms with van der Waals surface area (Å²) in [6, 6.07) is 0. The Morgan fingerprint density at radius 3 is 2.93 bits per heavy atom. The zero-order chi connectivity index (χ0) is 9.54. The van der Waals surface area contributed by atoms with Crippen LogP contribution >= 0.6 is 0 Å². The average molecular weight is 192 g/mol. The molecule has 14 heavy (non-hydrogen) atoms. The molecular formula is C11H16N2O. The molecule has 0 radical (unpaired) electrons. The van der Waals surface area contributed by atoms with Gasteiger partial charge in [0, 0.05) is 18.9 Å². The summed E-state index contributed by atoms with van der Waals surface area (Å²) < 4.78 is 5.69. The van der Waals surface area contributed by atoms with E-state index in [-0.39, 0.29) is 0 Å². The number of hydrogen-bond donors (Lipinski definition) is 1. The minimum Gasteiger partial charge on any atom is -0.445 e. The van der Waals surface area contributed by atoms with Gasteiger partial charge in [-0.25, -0.2) is 4.98 Å². The summed E-state index contributed by atoms with van der Waals surface area (Å²) in [5, 5.41) is 0. The summed E-state index contributed by atoms with van der Waals surface area (Å²) in [5.41, 5.74) is 5.45. The van der Waals surface area contributed by atoms with Crippen molar-refractivity contribution >= 4 is 0 Å². The molecule has 0 aliphatic heterocycles. The molecule has 1 aromatic rings. The van der Waals surface area contributed by atoms with E-state index < -0.39 is 0 Å². The maximum Gasteiger partial charge on any atom is 0.195 e. The van der Waals surface area contributed by atoms with Crippen molar-refractivity contribution in [3.63, 3.8) is 0 Å². The topological polar surface area (TPSA) is 52.0 Å². The molecule has 3 nitrogen and oxygen atoms in total. The average Bonchev–Trinajstić information content (AvgIpc) is 2.63. The van der Waals surface area contributed by atoms with Crippen molar-refractivity contribution in [1.82, 2.24) is 4.98 Å². The van der Waals surface area contributed by atoms with Gasteiger partial charge in [0.2, 0.25) is 0 Å². The van der Waals surface area contributed by atoms with Gasteiger partial charge in [-0.15, -0.1) is 0 Å². The highest BCUT2D eigenvalue weighted by Crippen LogP contribution is 2.63. The van der Waals surface area contributed by atoms with Crippen LogP contribution in [0.25, 0.3) is 0 Å². The Morgan fingerprint density at radius 1 is 1.43 bits per heavy atom. The molecule has 2 aliphatic rings. The lowest BCUT2D eigenvalue weighted by Gasteiger charge is -1.97. The van der Waals surface area contributed by atoms with E-state index in [9.17, 15) is 0 Å². The third kappa shape index (κ3) is 1.19. The maximum atomic E-state index is 5.69. The molecule has 1 heterocycles. The second-order valence-electron chi connectivity index (χ2n) is 4.48. The van der Waals surface area contributed by atoms with Crippen LogP contribution in [0.2, 0.25) is 0 Å². The van der Waals surface area contributed by atoms with E-state index in [0.29, 0.717) is 12.5 Å². The highest BCUT2D eigenvalue weighted by molar-refractivity contribution is 5.19. The van der Waals surface area contributed by atoms with Crippen LogP contribution in [0.1, 0.15) is 36.8 Å². The molecule has 3 rings (SSSR count). The lowest BCUT2D eigenvalue weighted by atomic mass is 10.1. The van der Waals surface area contributed by atoms with E-state index in [2.05, 4.69) is 4.98 Å². The molecule has 0 spiro atoms. The van der Waals surface area contributed by atoms with Gasteiger partial charge in [0.15, 0.2) is 5.89 Å². The summed E-state index contributed by atoms with van der Waals surface area (Å²) >= 11 is 0. The van der Waals surface area contributed by atoms with Crippen LogP contribution in [0.4, 0.5) is 0 Å². The van der Waals surface area contributed by atoms with E-state index in [4.69, 9.17) is 10.2 Å². The van der Waals surface area contributed by atoms with E-state index in [1.807, 2.05) is 6.20 Å². The minimum atomic E-state index is 0.622. The predicted molar refractivity (Wildman–Crippen MR) is 52.8 cm³/mol. The summed E-state index contributed by atoms with van der Waals surface area (Å²) in [5.74, 6) is 4.45. The van der Waals surface area contributed by atoms with Crippen LogP contribution in [0.5, 0.6) is 0 Å². The van der Waals surface area contributed by atoms with E-state index in [0.717, 1.165) is 29.9 Å². The molecular weight excluding hydrogens is 176 g/mol. The first-order chi connectivity index (χ1) is 6.90. The fourth-order valence-electron chi connectivity index (χ4n) is 2.96. The Morgan fingerprint density at radius 2 is 2.21 bits per heavy atom. The van der Waals surface area contributed by atoms with Crippen molar-refractivity contribution in [2.75, 3.05) is 6.54 Å². The lowest BCUT2D eigenvalue weighted by molar-refractivity contribution is 0.440. The van der Waals surface area contributed by atoms with Gasteiger partial charge in [0.1, 0.15) is 5.76 Å². The standard InChI is InChI=1S/C11H16N2O/c12-5-4-10-13-6-9(14-10)11-7-2-1-3-8(7)11/h6-8,11H,1-5,12H2. The minimum absolute atomic E-state index is 0.622. The smallest absolute Gasteiger partial charge is 0.195 e. The van der Waals surface area contributed by atoms with Gasteiger partial charge < -0.3 is 10.2 Å². The summed E-state index contributed by atoms with van der Waals surface area (Å²) in [6.07, 6.45) is 6.87. The molecule has 0 saturated heterocycles. The zero-order valence-corrected chi connectivity index (χ0v) is 8.28. The van der Waals surface area contributed by atoms with Crippen molar-refractivity contribution in [1.29, 1.82) is 0 Å². The Labute approximate surface area is 83.7 Å². The summed E-state index contributed by atoms with van der Waals surface area (Å²) in [6.45, 7) is 0.622. The second-order valence-corrected chi connectivity index (χ2v) is 4.48. The number of nitrogens with two attached hydrogens (primary N) is 1. The largest absolute Gasteiger partial charge is 0.445 e. The molecule has 76 valence electrons. The number of aromatic nitrogens is 1. The lowest BCUT2D eigenvalue weighted by Crippen LogP contribution is -2.02. The highest BCUT2D eigenvalue weighted by Gasteiger charge is 2.54. The van der Waals surface area contributed by atoms with Crippen LogP contribution in [-0.2, 0) is 6.42 Å². The van der Waals surface area contributed by atoms with Crippen LogP contribution in [0, 0.1) is 11.8 Å². The van der Waals surface area contributed by atoms with Crippen LogP contribution < -0.4 is 5.73 Å². The molecule has 2 N–H and O–H groups in total. The molecule has 0 amide bonds. The van der Waals surface area contributed by atoms with Gasteiger partial charge in [-0.3, -0.25) is 0 Å². The van der Waals surface area contributed by atoms with E-state index in [1.54, 1.807) is 0 Å². The fraction of sp³-hybridized carbons (Fsp3) is 0.727. The zero-order valence-electron chi connectivity index (χ0n) is 8.28. The second kappa shape index (κ2) is 3.09. The highest BCUT2D eigenvalue weighted by atomic mass is 16.4. The molecule has 2 atom stereocenters. The number of nitrogens with zero attached hydrogens (tertiary/aromatic N) is 1. The Bertz CT molecular complexity index is 324. The maximum absolute atomic E-state index is 5.69. The van der Waals surface area contributed by atoms with E-state index in [1.165, 1.54) is 19.3 Å². The van der Waals surface area contributed by atoms with Crippen molar-refractivity contribution < 1.29 is 4.42 Å². The van der Waals surface area contributed by atoms with Gasteiger partial charge >= 0.3 is 0 Å². The van der Waals surface area contributed by atoms with Crippen LogP contribution in [0.3, 0.4) is 0 Å². The molecule has 0 bridgehead atoms. The third-order valence-electron chi connectivity index (χ3n) is 3.66. The summed E-state index contributed by atoms with van der Waals surface area (Å²) in [4.78, 5) is 4.25. The van der Waals surface area contributed by atoms with Crippen LogP contribution in [0.15, 0.2) is 10.6 Å². The van der Waals surface area contributed by atoms with Crippen molar-refractivity contribution in [3.05, 3.63) is 17.8 Å². The molecule has 1 aromatic heterocycles. The van der Waals surface area contributed by atoms with Crippen molar-refractivity contribution in [2.45, 2.75) is 31.6 Å². The number of hydrogen-bond acceptors (Lipinski definition) is 3. The molecule has 2 fully saturated rings. The SMILES string of the molecule is NCCc1ncc(C2C3CCCC32)o1. The first kappa shape index (κ1) is 8.48. The Balaban J connectivity index is 1.72. The monoisotopic (exact) mass is 192 g/mol.